The summed E-state index contributed by atoms with van der Waals surface area (Å²) >= 11 is 1.90. The first-order valence-electron chi connectivity index (χ1n) is 5.23. The Balaban J connectivity index is 2.18. The van der Waals surface area contributed by atoms with Crippen LogP contribution in [0.15, 0.2) is 0 Å². The summed E-state index contributed by atoms with van der Waals surface area (Å²) in [5.74, 6) is 2.10. The highest BCUT2D eigenvalue weighted by Crippen LogP contribution is 2.11. The van der Waals surface area contributed by atoms with Gasteiger partial charge < -0.3 is 10.1 Å². The van der Waals surface area contributed by atoms with Gasteiger partial charge >= 0.3 is 5.97 Å². The summed E-state index contributed by atoms with van der Waals surface area (Å²) in [6.07, 6.45) is 1.45. The van der Waals surface area contributed by atoms with Crippen molar-refractivity contribution in [2.75, 3.05) is 18.1 Å². The van der Waals surface area contributed by atoms with Crippen molar-refractivity contribution in [1.82, 2.24) is 5.32 Å². The molecule has 0 aliphatic carbocycles. The molecule has 4 heteroatoms. The average Bonchev–Trinajstić information content (AvgIpc) is 2.19. The van der Waals surface area contributed by atoms with Crippen molar-refractivity contribution in [3.63, 3.8) is 0 Å². The highest BCUT2D eigenvalue weighted by atomic mass is 32.2. The van der Waals surface area contributed by atoms with Crippen molar-refractivity contribution in [2.24, 2.45) is 0 Å². The fraction of sp³-hybridized carbons (Fsp3) is 0.900. The van der Waals surface area contributed by atoms with Gasteiger partial charge in [0.1, 0.15) is 0 Å². The molecule has 1 aliphatic rings. The van der Waals surface area contributed by atoms with E-state index in [0.29, 0.717) is 12.5 Å². The number of carbonyl (C=O) groups is 1. The summed E-state index contributed by atoms with van der Waals surface area (Å²) in [6, 6.07) is 0.310. The molecule has 82 valence electrons. The Labute approximate surface area is 90.0 Å². The van der Waals surface area contributed by atoms with Crippen molar-refractivity contribution in [1.29, 1.82) is 0 Å². The van der Waals surface area contributed by atoms with E-state index in [9.17, 15) is 4.79 Å². The fourth-order valence-corrected chi connectivity index (χ4v) is 2.26. The largest absolute Gasteiger partial charge is 0.463 e. The fourth-order valence-electron chi connectivity index (χ4n) is 1.31. The lowest BCUT2D eigenvalue weighted by Gasteiger charge is -2.22. The molecular weight excluding hydrogens is 198 g/mol. The van der Waals surface area contributed by atoms with Gasteiger partial charge in [-0.1, -0.05) is 6.92 Å². The average molecular weight is 217 g/mol. The third kappa shape index (κ3) is 4.33. The number of hydrogen-bond donors (Lipinski definition) is 1. The van der Waals surface area contributed by atoms with Crippen molar-refractivity contribution in [3.8, 4) is 0 Å². The van der Waals surface area contributed by atoms with Crippen LogP contribution in [0.2, 0.25) is 0 Å². The molecule has 1 N–H and O–H groups in total. The molecule has 1 heterocycles. The number of carbonyl (C=O) groups excluding carboxylic acids is 1. The Kier molecular flexibility index (Phi) is 5.33. The first-order chi connectivity index (χ1) is 6.72. The second kappa shape index (κ2) is 6.30. The van der Waals surface area contributed by atoms with Crippen LogP contribution in [0, 0.1) is 0 Å². The van der Waals surface area contributed by atoms with Gasteiger partial charge in [0.25, 0.3) is 0 Å². The molecule has 0 radical (unpaired) electrons. The van der Waals surface area contributed by atoms with Crippen LogP contribution in [-0.4, -0.2) is 36.2 Å². The molecule has 1 rings (SSSR count). The predicted octanol–water partition coefficient (Wildman–Crippen LogP) is 1.42. The van der Waals surface area contributed by atoms with E-state index in [1.165, 1.54) is 0 Å². The zero-order chi connectivity index (χ0) is 10.4. The third-order valence-electron chi connectivity index (χ3n) is 2.32. The molecular formula is C10H19NO2S. The summed E-state index contributed by atoms with van der Waals surface area (Å²) < 4.78 is 5.21. The smallest absolute Gasteiger partial charge is 0.307 e. The molecule has 0 aromatic carbocycles. The Morgan fingerprint density at radius 2 is 2.50 bits per heavy atom. The molecule has 14 heavy (non-hydrogen) atoms. The Morgan fingerprint density at radius 1 is 1.71 bits per heavy atom. The van der Waals surface area contributed by atoms with Crippen LogP contribution in [0.25, 0.3) is 0 Å². The minimum Gasteiger partial charge on any atom is -0.463 e. The number of rotatable bonds is 4. The second-order valence-electron chi connectivity index (χ2n) is 3.64. The number of nitrogens with one attached hydrogen (secondary N) is 1. The van der Waals surface area contributed by atoms with Gasteiger partial charge in [0.05, 0.1) is 12.5 Å². The van der Waals surface area contributed by atoms with Gasteiger partial charge in [-0.2, -0.15) is 11.8 Å². The molecule has 0 saturated carbocycles. The molecule has 3 nitrogen and oxygen atoms in total. The van der Waals surface area contributed by atoms with Crippen LogP contribution >= 0.6 is 11.8 Å². The minimum absolute atomic E-state index is 0.0544. The molecule has 2 atom stereocenters. The molecule has 0 amide bonds. The number of thioether (sulfide) groups is 1. The second-order valence-corrected chi connectivity index (χ2v) is 4.79. The van der Waals surface area contributed by atoms with Gasteiger partial charge in [-0.15, -0.1) is 0 Å². The van der Waals surface area contributed by atoms with Gasteiger partial charge in [0.2, 0.25) is 0 Å². The lowest BCUT2D eigenvalue weighted by molar-refractivity contribution is -0.148. The van der Waals surface area contributed by atoms with Gasteiger partial charge in [-0.3, -0.25) is 4.79 Å². The summed E-state index contributed by atoms with van der Waals surface area (Å²) in [7, 11) is 0. The molecule has 0 aromatic rings. The van der Waals surface area contributed by atoms with Crippen LogP contribution in [0.5, 0.6) is 0 Å². The summed E-state index contributed by atoms with van der Waals surface area (Å²) in [4.78, 5) is 11.4. The maximum atomic E-state index is 11.4. The lowest BCUT2D eigenvalue weighted by atomic mass is 10.2. The van der Waals surface area contributed by atoms with Gasteiger partial charge in [-0.05, 0) is 13.3 Å². The van der Waals surface area contributed by atoms with Crippen LogP contribution in [0.4, 0.5) is 0 Å². The van der Waals surface area contributed by atoms with E-state index in [-0.39, 0.29) is 12.1 Å². The Hall–Kier alpha value is -0.220. The zero-order valence-electron chi connectivity index (χ0n) is 8.91. The van der Waals surface area contributed by atoms with E-state index in [2.05, 4.69) is 5.32 Å². The molecule has 0 spiro atoms. The summed E-state index contributed by atoms with van der Waals surface area (Å²) in [5, 5.41) is 3.32. The summed E-state index contributed by atoms with van der Waals surface area (Å²) in [5.41, 5.74) is 0. The predicted molar refractivity (Wildman–Crippen MR) is 59.6 cm³/mol. The molecule has 0 bridgehead atoms. The first-order valence-corrected chi connectivity index (χ1v) is 6.38. The third-order valence-corrected chi connectivity index (χ3v) is 3.45. The SMILES string of the molecule is CCC(C)OC(=O)CC1CSCCN1. The quantitative estimate of drug-likeness (QED) is 0.723. The molecule has 0 aromatic heterocycles. The van der Waals surface area contributed by atoms with Crippen molar-refractivity contribution in [3.05, 3.63) is 0 Å². The van der Waals surface area contributed by atoms with E-state index < -0.39 is 0 Å². The topological polar surface area (TPSA) is 38.3 Å². The van der Waals surface area contributed by atoms with Gasteiger partial charge in [0.15, 0.2) is 0 Å². The van der Waals surface area contributed by atoms with Gasteiger partial charge in [0, 0.05) is 24.1 Å². The molecule has 1 aliphatic heterocycles. The highest BCUT2D eigenvalue weighted by molar-refractivity contribution is 7.99. The van der Waals surface area contributed by atoms with Crippen molar-refractivity contribution in [2.45, 2.75) is 38.8 Å². The maximum absolute atomic E-state index is 11.4. The van der Waals surface area contributed by atoms with E-state index in [0.717, 1.165) is 24.5 Å². The van der Waals surface area contributed by atoms with E-state index >= 15 is 0 Å². The number of ether oxygens (including phenoxy) is 1. The Morgan fingerprint density at radius 3 is 3.07 bits per heavy atom. The molecule has 1 saturated heterocycles. The van der Waals surface area contributed by atoms with E-state index in [1.807, 2.05) is 25.6 Å². The monoisotopic (exact) mass is 217 g/mol. The van der Waals surface area contributed by atoms with E-state index in [1.54, 1.807) is 0 Å². The molecule has 1 fully saturated rings. The number of hydrogen-bond acceptors (Lipinski definition) is 4. The first kappa shape index (κ1) is 11.9. The lowest BCUT2D eigenvalue weighted by Crippen LogP contribution is -2.39. The van der Waals surface area contributed by atoms with Crippen molar-refractivity contribution >= 4 is 17.7 Å². The van der Waals surface area contributed by atoms with Crippen LogP contribution in [0.3, 0.4) is 0 Å². The highest BCUT2D eigenvalue weighted by Gasteiger charge is 2.18. The van der Waals surface area contributed by atoms with Crippen molar-refractivity contribution < 1.29 is 9.53 Å². The normalized spacial score (nSPS) is 24.3. The maximum Gasteiger partial charge on any atom is 0.307 e. The Bertz CT molecular complexity index is 181. The molecule has 2 unspecified atom stereocenters. The van der Waals surface area contributed by atoms with Crippen LogP contribution in [-0.2, 0) is 9.53 Å². The standard InChI is InChI=1S/C10H19NO2S/c1-3-8(2)13-10(12)6-9-7-14-5-4-11-9/h8-9,11H,3-7H2,1-2H3. The van der Waals surface area contributed by atoms with Gasteiger partial charge in [-0.25, -0.2) is 0 Å². The van der Waals surface area contributed by atoms with E-state index in [4.69, 9.17) is 4.74 Å². The van der Waals surface area contributed by atoms with Crippen LogP contribution < -0.4 is 5.32 Å². The minimum atomic E-state index is -0.0700. The van der Waals surface area contributed by atoms with Crippen LogP contribution in [0.1, 0.15) is 26.7 Å². The number of esters is 1. The zero-order valence-corrected chi connectivity index (χ0v) is 9.73. The summed E-state index contributed by atoms with van der Waals surface area (Å²) in [6.45, 7) is 4.96.